The number of nitriles is 1. The minimum atomic E-state index is -1.79. The maximum Gasteiger partial charge on any atom is 0.361 e. The average Bonchev–Trinajstić information content (AvgIpc) is 2.92. The number of hydrogen-bond acceptors (Lipinski definition) is 6. The van der Waals surface area contributed by atoms with E-state index in [1.165, 1.54) is 6.92 Å². The van der Waals surface area contributed by atoms with Gasteiger partial charge < -0.3 is 14.4 Å². The number of aromatic nitrogens is 1. The third kappa shape index (κ3) is 2.35. The molecule has 0 fully saturated rings. The Labute approximate surface area is 121 Å². The molecule has 0 aliphatic carbocycles. The summed E-state index contributed by atoms with van der Waals surface area (Å²) in [6, 6.07) is 1.92. The first kappa shape index (κ1) is 15.4. The van der Waals surface area contributed by atoms with Crippen LogP contribution < -0.4 is 0 Å². The molecular formula is C13H7F3N2O4. The Balaban J connectivity index is 2.65. The molecule has 0 saturated carbocycles. The lowest BCUT2D eigenvalue weighted by molar-refractivity contribution is 0.0514. The van der Waals surface area contributed by atoms with Gasteiger partial charge in [-0.1, -0.05) is 5.16 Å². The van der Waals surface area contributed by atoms with Gasteiger partial charge in [0.05, 0.1) is 12.2 Å². The Kier molecular flexibility index (Phi) is 4.03. The molecule has 6 nitrogen and oxygen atoms in total. The lowest BCUT2D eigenvalue weighted by atomic mass is 10.1. The summed E-state index contributed by atoms with van der Waals surface area (Å²) in [5, 5.41) is 21.5. The highest BCUT2D eigenvalue weighted by molar-refractivity contribution is 5.92. The van der Waals surface area contributed by atoms with E-state index < -0.39 is 51.8 Å². The molecule has 0 radical (unpaired) electrons. The molecule has 0 saturated heterocycles. The minimum absolute atomic E-state index is 0.00772. The van der Waals surface area contributed by atoms with Crippen molar-refractivity contribution in [2.24, 2.45) is 0 Å². The molecule has 1 heterocycles. The van der Waals surface area contributed by atoms with E-state index >= 15 is 0 Å². The summed E-state index contributed by atoms with van der Waals surface area (Å²) in [6.07, 6.45) is 0. The summed E-state index contributed by atoms with van der Waals surface area (Å²) in [7, 11) is 0. The van der Waals surface area contributed by atoms with E-state index in [0.717, 1.165) is 0 Å². The molecule has 0 aliphatic heterocycles. The molecule has 0 bridgehead atoms. The van der Waals surface area contributed by atoms with Gasteiger partial charge in [0.2, 0.25) is 11.5 Å². The molecule has 22 heavy (non-hydrogen) atoms. The molecule has 0 spiro atoms. The Morgan fingerprint density at radius 3 is 2.73 bits per heavy atom. The monoisotopic (exact) mass is 312 g/mol. The second-order valence-electron chi connectivity index (χ2n) is 3.95. The molecule has 2 aromatic rings. The molecule has 1 aromatic carbocycles. The molecule has 114 valence electrons. The van der Waals surface area contributed by atoms with Crippen molar-refractivity contribution in [3.05, 3.63) is 34.8 Å². The van der Waals surface area contributed by atoms with Gasteiger partial charge >= 0.3 is 5.97 Å². The van der Waals surface area contributed by atoms with Gasteiger partial charge in [-0.05, 0) is 13.0 Å². The van der Waals surface area contributed by atoms with E-state index in [1.54, 1.807) is 6.07 Å². The average molecular weight is 312 g/mol. The molecular weight excluding hydrogens is 305 g/mol. The van der Waals surface area contributed by atoms with Crippen molar-refractivity contribution in [3.63, 3.8) is 0 Å². The van der Waals surface area contributed by atoms with Crippen LogP contribution in [0.4, 0.5) is 13.2 Å². The molecule has 1 N–H and O–H groups in total. The minimum Gasteiger partial charge on any atom is -0.503 e. The second-order valence-corrected chi connectivity index (χ2v) is 3.95. The summed E-state index contributed by atoms with van der Waals surface area (Å²) in [5.74, 6) is -8.11. The largest absolute Gasteiger partial charge is 0.503 e. The number of hydrogen-bond donors (Lipinski definition) is 1. The summed E-state index contributed by atoms with van der Waals surface area (Å²) in [4.78, 5) is 11.6. The van der Waals surface area contributed by atoms with Crippen LogP contribution in [-0.2, 0) is 4.74 Å². The van der Waals surface area contributed by atoms with Gasteiger partial charge in [-0.15, -0.1) is 0 Å². The number of benzene rings is 1. The number of rotatable bonds is 3. The van der Waals surface area contributed by atoms with Crippen LogP contribution in [-0.4, -0.2) is 22.8 Å². The molecule has 0 unspecified atom stereocenters. The van der Waals surface area contributed by atoms with Gasteiger partial charge in [-0.25, -0.2) is 13.6 Å². The van der Waals surface area contributed by atoms with E-state index in [9.17, 15) is 18.0 Å². The third-order valence-corrected chi connectivity index (χ3v) is 2.65. The molecule has 0 aliphatic rings. The standard InChI is InChI=1S/C13H7F3N2O4/c1-2-21-13(20)10-6(4-17)12(22-18-10)5-3-7(14)9(16)11(19)8(5)15/h3,19H,2H2,1H3. The van der Waals surface area contributed by atoms with Crippen LogP contribution in [0.1, 0.15) is 23.0 Å². The van der Waals surface area contributed by atoms with Crippen LogP contribution in [0.25, 0.3) is 11.3 Å². The Hall–Kier alpha value is -3.02. The van der Waals surface area contributed by atoms with E-state index in [2.05, 4.69) is 14.4 Å². The first-order valence-electron chi connectivity index (χ1n) is 5.86. The van der Waals surface area contributed by atoms with E-state index in [4.69, 9.17) is 10.4 Å². The summed E-state index contributed by atoms with van der Waals surface area (Å²) >= 11 is 0. The zero-order chi connectivity index (χ0) is 16.4. The number of halogens is 3. The Bertz CT molecular complexity index is 796. The Morgan fingerprint density at radius 2 is 2.14 bits per heavy atom. The van der Waals surface area contributed by atoms with Crippen molar-refractivity contribution >= 4 is 5.97 Å². The molecule has 0 atom stereocenters. The van der Waals surface area contributed by atoms with E-state index in [-0.39, 0.29) is 6.61 Å². The van der Waals surface area contributed by atoms with Crippen molar-refractivity contribution in [1.29, 1.82) is 5.26 Å². The fraction of sp³-hybridized carbons (Fsp3) is 0.154. The number of nitrogens with zero attached hydrogens (tertiary/aromatic N) is 2. The number of carbonyl (C=O) groups excluding carboxylic acids is 1. The van der Waals surface area contributed by atoms with Crippen LogP contribution in [0, 0.1) is 28.8 Å². The van der Waals surface area contributed by atoms with Gasteiger partial charge in [0.25, 0.3) is 0 Å². The summed E-state index contributed by atoms with van der Waals surface area (Å²) < 4.78 is 49.5. The normalized spacial score (nSPS) is 10.3. The zero-order valence-corrected chi connectivity index (χ0v) is 11.0. The summed E-state index contributed by atoms with van der Waals surface area (Å²) in [6.45, 7) is 1.50. The number of phenols is 1. The highest BCUT2D eigenvalue weighted by Crippen LogP contribution is 2.35. The molecule has 0 amide bonds. The van der Waals surface area contributed by atoms with Gasteiger partial charge in [0.15, 0.2) is 23.1 Å². The summed E-state index contributed by atoms with van der Waals surface area (Å²) in [5.41, 5.74) is -1.82. The van der Waals surface area contributed by atoms with Crippen LogP contribution in [0.2, 0.25) is 0 Å². The SMILES string of the molecule is CCOC(=O)c1noc(-c2cc(F)c(F)c(O)c2F)c1C#N. The lowest BCUT2D eigenvalue weighted by Gasteiger charge is -2.04. The van der Waals surface area contributed by atoms with Crippen molar-refractivity contribution in [2.75, 3.05) is 6.61 Å². The predicted molar refractivity (Wildman–Crippen MR) is 64.1 cm³/mol. The number of aromatic hydroxyl groups is 1. The number of phenolic OH excluding ortho intramolecular Hbond substituents is 1. The third-order valence-electron chi connectivity index (χ3n) is 2.65. The van der Waals surface area contributed by atoms with Crippen LogP contribution in [0.5, 0.6) is 5.75 Å². The first-order chi connectivity index (χ1) is 10.4. The van der Waals surface area contributed by atoms with Crippen LogP contribution >= 0.6 is 0 Å². The molecule has 9 heteroatoms. The van der Waals surface area contributed by atoms with Gasteiger partial charge in [-0.3, -0.25) is 0 Å². The predicted octanol–water partition coefficient (Wildman–Crippen LogP) is 2.51. The fourth-order valence-corrected chi connectivity index (χ4v) is 1.67. The maximum absolute atomic E-state index is 13.8. The van der Waals surface area contributed by atoms with Crippen LogP contribution in [0.15, 0.2) is 10.6 Å². The zero-order valence-electron chi connectivity index (χ0n) is 11.0. The van der Waals surface area contributed by atoms with Gasteiger partial charge in [0, 0.05) is 0 Å². The molecule has 2 rings (SSSR count). The number of ether oxygens (including phenoxy) is 1. The highest BCUT2D eigenvalue weighted by atomic mass is 19.2. The highest BCUT2D eigenvalue weighted by Gasteiger charge is 2.28. The van der Waals surface area contributed by atoms with Gasteiger partial charge in [0.1, 0.15) is 11.6 Å². The van der Waals surface area contributed by atoms with Gasteiger partial charge in [-0.2, -0.15) is 9.65 Å². The number of carbonyl (C=O) groups is 1. The molecule has 1 aromatic heterocycles. The van der Waals surface area contributed by atoms with Crippen molar-refractivity contribution in [1.82, 2.24) is 5.16 Å². The first-order valence-corrected chi connectivity index (χ1v) is 5.86. The topological polar surface area (TPSA) is 96.3 Å². The van der Waals surface area contributed by atoms with Crippen molar-refractivity contribution in [2.45, 2.75) is 6.92 Å². The quantitative estimate of drug-likeness (QED) is 0.691. The maximum atomic E-state index is 13.8. The van der Waals surface area contributed by atoms with E-state index in [0.29, 0.717) is 6.07 Å². The smallest absolute Gasteiger partial charge is 0.361 e. The van der Waals surface area contributed by atoms with E-state index in [1.807, 2.05) is 0 Å². The van der Waals surface area contributed by atoms with Crippen LogP contribution in [0.3, 0.4) is 0 Å². The number of esters is 1. The van der Waals surface area contributed by atoms with Crippen molar-refractivity contribution < 1.29 is 32.3 Å². The van der Waals surface area contributed by atoms with Crippen molar-refractivity contribution in [3.8, 4) is 23.1 Å². The second kappa shape index (κ2) is 5.77. The Morgan fingerprint density at radius 1 is 1.45 bits per heavy atom. The lowest BCUT2D eigenvalue weighted by Crippen LogP contribution is -2.07. The fourth-order valence-electron chi connectivity index (χ4n) is 1.67.